The van der Waals surface area contributed by atoms with Crippen molar-refractivity contribution in [2.45, 2.75) is 19.1 Å². The summed E-state index contributed by atoms with van der Waals surface area (Å²) in [6.07, 6.45) is -4.23. The van der Waals surface area contributed by atoms with Crippen LogP contribution in [-0.4, -0.2) is 49.7 Å². The fraction of sp³-hybridized carbons (Fsp3) is 0.533. The number of ketones is 1. The van der Waals surface area contributed by atoms with Gasteiger partial charge in [-0.25, -0.2) is 0 Å². The van der Waals surface area contributed by atoms with Crippen LogP contribution in [0.25, 0.3) is 0 Å². The molecule has 0 aromatic carbocycles. The second kappa shape index (κ2) is 7.94. The van der Waals surface area contributed by atoms with Crippen molar-refractivity contribution in [2.24, 2.45) is 0 Å². The molecule has 1 aromatic heterocycles. The van der Waals surface area contributed by atoms with E-state index in [0.29, 0.717) is 25.8 Å². The molecule has 0 radical (unpaired) electrons. The van der Waals surface area contributed by atoms with Gasteiger partial charge in [-0.05, 0) is 18.4 Å². The van der Waals surface area contributed by atoms with Gasteiger partial charge < -0.3 is 10.1 Å². The lowest BCUT2D eigenvalue weighted by molar-refractivity contribution is -0.165. The van der Waals surface area contributed by atoms with Gasteiger partial charge in [0.15, 0.2) is 0 Å². The van der Waals surface area contributed by atoms with Crippen molar-refractivity contribution in [3.8, 4) is 0 Å². The van der Waals surface area contributed by atoms with Crippen molar-refractivity contribution < 1.29 is 22.7 Å². The lowest BCUT2D eigenvalue weighted by Gasteiger charge is -2.34. The molecule has 1 aliphatic rings. The molecular formula is C15H19F3N2O2S. The van der Waals surface area contributed by atoms with Crippen LogP contribution in [-0.2, 0) is 9.53 Å². The molecule has 2 rings (SSSR count). The smallest absolute Gasteiger partial charge is 0.387 e. The lowest BCUT2D eigenvalue weighted by atomic mass is 10.2. The highest BCUT2D eigenvalue weighted by Crippen LogP contribution is 2.25. The zero-order valence-corrected chi connectivity index (χ0v) is 13.5. The fourth-order valence-corrected chi connectivity index (χ4v) is 3.23. The number of carbonyl (C=O) groups is 1. The topological polar surface area (TPSA) is 41.6 Å². The number of nitrogens with one attached hydrogen (secondary N) is 1. The number of nitrogens with zero attached hydrogens (tertiary/aromatic N) is 1. The van der Waals surface area contributed by atoms with Crippen LogP contribution in [0.2, 0.25) is 0 Å². The van der Waals surface area contributed by atoms with Crippen molar-refractivity contribution in [3.63, 3.8) is 0 Å². The van der Waals surface area contributed by atoms with Gasteiger partial charge in [-0.3, -0.25) is 9.69 Å². The summed E-state index contributed by atoms with van der Waals surface area (Å²) in [7, 11) is 0. The largest absolute Gasteiger partial charge is 0.454 e. The molecule has 0 spiro atoms. The van der Waals surface area contributed by atoms with Gasteiger partial charge in [-0.2, -0.15) is 13.2 Å². The highest BCUT2D eigenvalue weighted by Gasteiger charge is 2.36. The Morgan fingerprint density at radius 2 is 2.17 bits per heavy atom. The average Bonchev–Trinajstić information content (AvgIpc) is 3.01. The maximum atomic E-state index is 12.3. The number of allylic oxidation sites excluding steroid dienone is 2. The van der Waals surface area contributed by atoms with Crippen molar-refractivity contribution in [3.05, 3.63) is 34.2 Å². The van der Waals surface area contributed by atoms with Crippen LogP contribution in [0.1, 0.15) is 17.8 Å². The van der Waals surface area contributed by atoms with Gasteiger partial charge in [0.05, 0.1) is 19.3 Å². The fourth-order valence-electron chi connectivity index (χ4n) is 2.37. The number of halogens is 3. The number of carbonyl (C=O) groups excluding carboxylic acids is 1. The average molecular weight is 348 g/mol. The van der Waals surface area contributed by atoms with E-state index in [1.165, 1.54) is 6.92 Å². The van der Waals surface area contributed by atoms with Crippen LogP contribution >= 0.6 is 11.3 Å². The quantitative estimate of drug-likeness (QED) is 0.803. The van der Waals surface area contributed by atoms with Crippen molar-refractivity contribution in [1.82, 2.24) is 10.2 Å². The normalized spacial score (nSPS) is 18.7. The standard InChI is InChI=1S/C15H19F3N2O2S/c1-11(9-14(21)15(16,17)18)19-10-12(13-3-2-8-23-13)20-4-6-22-7-5-20/h2-3,8-9,12,19H,4-7,10H2,1H3/b11-9+. The molecule has 1 fully saturated rings. The van der Waals surface area contributed by atoms with E-state index in [1.807, 2.05) is 17.5 Å². The first-order chi connectivity index (χ1) is 10.9. The minimum absolute atomic E-state index is 0.0447. The maximum Gasteiger partial charge on any atom is 0.454 e. The SMILES string of the molecule is C/C(=C\C(=O)C(F)(F)F)NCC(c1cccs1)N1CCOCC1. The van der Waals surface area contributed by atoms with Crippen LogP contribution in [0.5, 0.6) is 0 Å². The second-order valence-corrected chi connectivity index (χ2v) is 6.23. The van der Waals surface area contributed by atoms with Crippen LogP contribution in [0.15, 0.2) is 29.3 Å². The third-order valence-corrected chi connectivity index (χ3v) is 4.53. The van der Waals surface area contributed by atoms with E-state index < -0.39 is 12.0 Å². The van der Waals surface area contributed by atoms with Gasteiger partial charge in [0.2, 0.25) is 0 Å². The van der Waals surface area contributed by atoms with Gasteiger partial charge in [0, 0.05) is 36.3 Å². The Labute approximate surface area is 136 Å². The van der Waals surface area contributed by atoms with E-state index in [0.717, 1.165) is 18.0 Å². The number of hydrogen-bond donors (Lipinski definition) is 1. The first-order valence-corrected chi connectivity index (χ1v) is 8.14. The summed E-state index contributed by atoms with van der Waals surface area (Å²) >= 11 is 1.61. The molecule has 1 N–H and O–H groups in total. The first-order valence-electron chi connectivity index (χ1n) is 7.26. The Morgan fingerprint density at radius 3 is 2.74 bits per heavy atom. The molecule has 8 heteroatoms. The minimum Gasteiger partial charge on any atom is -0.387 e. The van der Waals surface area contributed by atoms with Gasteiger partial charge in [-0.1, -0.05) is 6.07 Å². The Morgan fingerprint density at radius 1 is 1.48 bits per heavy atom. The van der Waals surface area contributed by atoms with Crippen LogP contribution in [0.3, 0.4) is 0 Å². The van der Waals surface area contributed by atoms with Crippen LogP contribution < -0.4 is 5.32 Å². The molecule has 0 aliphatic carbocycles. The number of ether oxygens (including phenoxy) is 1. The third-order valence-electron chi connectivity index (χ3n) is 3.56. The van der Waals surface area contributed by atoms with Crippen molar-refractivity contribution >= 4 is 17.1 Å². The molecule has 0 saturated carbocycles. The molecule has 2 heterocycles. The highest BCUT2D eigenvalue weighted by atomic mass is 32.1. The summed E-state index contributed by atoms with van der Waals surface area (Å²) in [4.78, 5) is 14.4. The predicted molar refractivity (Wildman–Crippen MR) is 82.3 cm³/mol. The maximum absolute atomic E-state index is 12.3. The Hall–Kier alpha value is -1.38. The van der Waals surface area contributed by atoms with E-state index in [4.69, 9.17) is 4.74 Å². The summed E-state index contributed by atoms with van der Waals surface area (Å²) in [6, 6.07) is 4.00. The number of rotatable bonds is 6. The van der Waals surface area contributed by atoms with E-state index in [-0.39, 0.29) is 11.7 Å². The molecule has 4 nitrogen and oxygen atoms in total. The monoisotopic (exact) mass is 348 g/mol. The summed E-state index contributed by atoms with van der Waals surface area (Å²) in [6.45, 7) is 4.73. The first kappa shape index (κ1) is 18.0. The van der Waals surface area contributed by atoms with Crippen molar-refractivity contribution in [2.75, 3.05) is 32.8 Å². The van der Waals surface area contributed by atoms with E-state index >= 15 is 0 Å². The minimum atomic E-state index is -4.83. The second-order valence-electron chi connectivity index (χ2n) is 5.25. The van der Waals surface area contributed by atoms with Gasteiger partial charge in [-0.15, -0.1) is 11.3 Å². The molecule has 1 atom stereocenters. The molecule has 1 saturated heterocycles. The van der Waals surface area contributed by atoms with E-state index in [1.54, 1.807) is 11.3 Å². The lowest BCUT2D eigenvalue weighted by Crippen LogP contribution is -2.42. The van der Waals surface area contributed by atoms with Crippen LogP contribution in [0.4, 0.5) is 13.2 Å². The Kier molecular flexibility index (Phi) is 6.20. The van der Waals surface area contributed by atoms with Gasteiger partial charge >= 0.3 is 6.18 Å². The molecule has 1 unspecified atom stereocenters. The summed E-state index contributed by atoms with van der Waals surface area (Å²) in [5, 5.41) is 4.91. The number of thiophene rings is 1. The predicted octanol–water partition coefficient (Wildman–Crippen LogP) is 2.75. The van der Waals surface area contributed by atoms with Crippen molar-refractivity contribution in [1.29, 1.82) is 0 Å². The molecule has 0 bridgehead atoms. The zero-order chi connectivity index (χ0) is 16.9. The Balaban J connectivity index is 2.01. The summed E-state index contributed by atoms with van der Waals surface area (Å²) in [5.74, 6) is -1.85. The zero-order valence-electron chi connectivity index (χ0n) is 12.7. The summed E-state index contributed by atoms with van der Waals surface area (Å²) in [5.41, 5.74) is 0.210. The van der Waals surface area contributed by atoms with Gasteiger partial charge in [0.25, 0.3) is 5.78 Å². The number of alkyl halides is 3. The third kappa shape index (κ3) is 5.33. The molecule has 1 aliphatic heterocycles. The molecule has 128 valence electrons. The molecule has 1 aromatic rings. The molecule has 0 amide bonds. The molecule has 23 heavy (non-hydrogen) atoms. The summed E-state index contributed by atoms with van der Waals surface area (Å²) < 4.78 is 42.2. The van der Waals surface area contributed by atoms with E-state index in [9.17, 15) is 18.0 Å². The van der Waals surface area contributed by atoms with E-state index in [2.05, 4.69) is 10.2 Å². The number of hydrogen-bond acceptors (Lipinski definition) is 5. The van der Waals surface area contributed by atoms with Gasteiger partial charge in [0.1, 0.15) is 0 Å². The Bertz CT molecular complexity index is 537. The van der Waals surface area contributed by atoms with Crippen LogP contribution in [0, 0.1) is 0 Å². The highest BCUT2D eigenvalue weighted by molar-refractivity contribution is 7.10. The molecular weight excluding hydrogens is 329 g/mol. The number of morpholine rings is 1.